The Labute approximate surface area is 118 Å². The first kappa shape index (κ1) is 16.5. The number of aromatic nitrogens is 2. The highest BCUT2D eigenvalue weighted by Crippen LogP contribution is 2.22. The molecule has 0 saturated heterocycles. The molecule has 1 unspecified atom stereocenters. The zero-order valence-corrected chi connectivity index (χ0v) is 13.3. The largest absolute Gasteiger partial charge is 0.392 e. The minimum atomic E-state index is -3.68. The van der Waals surface area contributed by atoms with Gasteiger partial charge >= 0.3 is 0 Å². The molecule has 1 heterocycles. The Hall–Kier alpha value is -0.570. The molecule has 1 rings (SSSR count). The Morgan fingerprint density at radius 2 is 2.16 bits per heavy atom. The molecule has 0 aliphatic heterocycles. The van der Waals surface area contributed by atoms with E-state index in [9.17, 15) is 13.5 Å². The normalized spacial score (nSPS) is 14.0. The first-order chi connectivity index (χ1) is 8.89. The van der Waals surface area contributed by atoms with Crippen LogP contribution in [-0.4, -0.2) is 53.1 Å². The molecule has 1 aromatic heterocycles. The molecule has 8 heteroatoms. The summed E-state index contributed by atoms with van der Waals surface area (Å²) >= 11 is 1.61. The lowest BCUT2D eigenvalue weighted by Crippen LogP contribution is -2.38. The van der Waals surface area contributed by atoms with E-state index in [1.54, 1.807) is 25.7 Å². The Balaban J connectivity index is 3.15. The van der Waals surface area contributed by atoms with Crippen LogP contribution in [0.3, 0.4) is 0 Å². The molecule has 0 aliphatic rings. The van der Waals surface area contributed by atoms with Gasteiger partial charge in [0.1, 0.15) is 0 Å². The second kappa shape index (κ2) is 6.74. The van der Waals surface area contributed by atoms with Crippen LogP contribution in [-0.2, 0) is 16.6 Å². The number of rotatable bonds is 7. The highest BCUT2D eigenvalue weighted by molar-refractivity contribution is 7.98. The van der Waals surface area contributed by atoms with Crippen molar-refractivity contribution in [2.75, 3.05) is 19.1 Å². The summed E-state index contributed by atoms with van der Waals surface area (Å²) in [4.78, 5) is 0. The van der Waals surface area contributed by atoms with Gasteiger partial charge in [-0.05, 0) is 19.6 Å². The zero-order valence-electron chi connectivity index (χ0n) is 11.7. The maximum Gasteiger partial charge on any atom is 0.262 e. The number of aryl methyl sites for hydroxylation is 1. The van der Waals surface area contributed by atoms with Crippen molar-refractivity contribution in [1.29, 1.82) is 0 Å². The van der Waals surface area contributed by atoms with Crippen molar-refractivity contribution in [1.82, 2.24) is 14.5 Å². The average molecular weight is 307 g/mol. The quantitative estimate of drug-likeness (QED) is 0.784. The summed E-state index contributed by atoms with van der Waals surface area (Å²) < 4.78 is 26.4. The molecule has 0 spiro atoms. The molecule has 0 fully saturated rings. The minimum absolute atomic E-state index is 0.0745. The van der Waals surface area contributed by atoms with Gasteiger partial charge in [-0.3, -0.25) is 5.10 Å². The Kier molecular flexibility index (Phi) is 5.84. The summed E-state index contributed by atoms with van der Waals surface area (Å²) in [6.07, 6.45) is 2.68. The lowest BCUT2D eigenvalue weighted by molar-refractivity contribution is 0.277. The van der Waals surface area contributed by atoms with Gasteiger partial charge in [-0.15, -0.1) is 0 Å². The molecule has 2 N–H and O–H groups in total. The molecule has 6 nitrogen and oxygen atoms in total. The summed E-state index contributed by atoms with van der Waals surface area (Å²) in [6, 6.07) is -0.0800. The summed E-state index contributed by atoms with van der Waals surface area (Å²) in [5.41, 5.74) is 0.915. The maximum atomic E-state index is 12.5. The van der Waals surface area contributed by atoms with Gasteiger partial charge in [-0.2, -0.15) is 21.2 Å². The maximum absolute atomic E-state index is 12.5. The third-order valence-corrected chi connectivity index (χ3v) is 5.76. The van der Waals surface area contributed by atoms with Crippen molar-refractivity contribution < 1.29 is 13.5 Å². The van der Waals surface area contributed by atoms with E-state index < -0.39 is 10.0 Å². The molecule has 0 radical (unpaired) electrons. The molecule has 1 atom stereocenters. The van der Waals surface area contributed by atoms with Gasteiger partial charge in [0.2, 0.25) is 0 Å². The lowest BCUT2D eigenvalue weighted by Gasteiger charge is -2.25. The van der Waals surface area contributed by atoms with Gasteiger partial charge < -0.3 is 5.11 Å². The smallest absolute Gasteiger partial charge is 0.262 e. The van der Waals surface area contributed by atoms with Crippen LogP contribution in [0.25, 0.3) is 0 Å². The van der Waals surface area contributed by atoms with Crippen LogP contribution in [0, 0.1) is 6.92 Å². The number of thioether (sulfide) groups is 1. The van der Waals surface area contributed by atoms with Crippen LogP contribution in [0.2, 0.25) is 0 Å². The molecule has 0 aromatic carbocycles. The third-order valence-electron chi connectivity index (χ3n) is 3.16. The van der Waals surface area contributed by atoms with Gasteiger partial charge in [-0.1, -0.05) is 6.92 Å². The third kappa shape index (κ3) is 3.31. The molecule has 0 amide bonds. The number of nitrogens with one attached hydrogen (secondary N) is 1. The van der Waals surface area contributed by atoms with Crippen LogP contribution in [0.4, 0.5) is 0 Å². The first-order valence-corrected chi connectivity index (χ1v) is 8.85. The van der Waals surface area contributed by atoms with Gasteiger partial charge in [0, 0.05) is 30.1 Å². The number of nitrogens with zero attached hydrogens (tertiary/aromatic N) is 2. The van der Waals surface area contributed by atoms with Gasteiger partial charge in [0.05, 0.1) is 6.61 Å². The monoisotopic (exact) mass is 307 g/mol. The topological polar surface area (TPSA) is 86.3 Å². The lowest BCUT2D eigenvalue weighted by atomic mass is 10.3. The van der Waals surface area contributed by atoms with Crippen LogP contribution < -0.4 is 0 Å². The summed E-state index contributed by atoms with van der Waals surface area (Å²) in [6.45, 7) is 3.30. The molecular weight excluding hydrogens is 286 g/mol. The highest BCUT2D eigenvalue weighted by Gasteiger charge is 2.31. The Morgan fingerprint density at radius 3 is 2.63 bits per heavy atom. The molecule has 0 aliphatic carbocycles. The Morgan fingerprint density at radius 1 is 1.53 bits per heavy atom. The van der Waals surface area contributed by atoms with Crippen molar-refractivity contribution in [3.05, 3.63) is 11.3 Å². The minimum Gasteiger partial charge on any atom is -0.392 e. The van der Waals surface area contributed by atoms with E-state index in [2.05, 4.69) is 10.2 Å². The van der Waals surface area contributed by atoms with Crippen molar-refractivity contribution in [2.45, 2.75) is 37.9 Å². The van der Waals surface area contributed by atoms with E-state index in [1.165, 1.54) is 4.31 Å². The number of sulfonamides is 1. The number of hydrogen-bond donors (Lipinski definition) is 2. The number of H-pyrrole nitrogens is 1. The van der Waals surface area contributed by atoms with E-state index in [0.29, 0.717) is 11.3 Å². The number of aliphatic hydroxyl groups is 1. The predicted octanol–water partition coefficient (Wildman–Crippen LogP) is 0.973. The summed E-state index contributed by atoms with van der Waals surface area (Å²) in [5, 5.41) is 15.7. The van der Waals surface area contributed by atoms with Crippen LogP contribution in [0.15, 0.2) is 5.03 Å². The van der Waals surface area contributed by atoms with Gasteiger partial charge in [0.25, 0.3) is 10.0 Å². The van der Waals surface area contributed by atoms with Crippen molar-refractivity contribution in [2.24, 2.45) is 0 Å². The van der Waals surface area contributed by atoms with Crippen molar-refractivity contribution in [3.8, 4) is 0 Å². The van der Waals surface area contributed by atoms with E-state index >= 15 is 0 Å². The summed E-state index contributed by atoms with van der Waals surface area (Å²) in [5.74, 6) is 0.726. The highest BCUT2D eigenvalue weighted by atomic mass is 32.2. The van der Waals surface area contributed by atoms with E-state index in [1.807, 2.05) is 13.2 Å². The first-order valence-electron chi connectivity index (χ1n) is 6.01. The second-order valence-corrected chi connectivity index (χ2v) is 7.15. The van der Waals surface area contributed by atoms with Gasteiger partial charge in [0.15, 0.2) is 5.03 Å². The van der Waals surface area contributed by atoms with Crippen LogP contribution in [0.5, 0.6) is 0 Å². The molecule has 19 heavy (non-hydrogen) atoms. The average Bonchev–Trinajstić information content (AvgIpc) is 2.76. The molecule has 110 valence electrons. The Bertz CT molecular complexity index is 513. The van der Waals surface area contributed by atoms with E-state index in [-0.39, 0.29) is 17.7 Å². The van der Waals surface area contributed by atoms with E-state index in [0.717, 1.165) is 12.2 Å². The molecule has 0 bridgehead atoms. The van der Waals surface area contributed by atoms with E-state index in [4.69, 9.17) is 0 Å². The van der Waals surface area contributed by atoms with Crippen molar-refractivity contribution in [3.63, 3.8) is 0 Å². The molecule has 0 saturated carbocycles. The fourth-order valence-corrected chi connectivity index (χ4v) is 4.35. The van der Waals surface area contributed by atoms with Crippen molar-refractivity contribution >= 4 is 21.8 Å². The van der Waals surface area contributed by atoms with Gasteiger partial charge in [-0.25, -0.2) is 8.42 Å². The zero-order chi connectivity index (χ0) is 14.6. The predicted molar refractivity (Wildman–Crippen MR) is 76.7 cm³/mol. The molecular formula is C11H21N3O3S2. The van der Waals surface area contributed by atoms with Crippen LogP contribution >= 0.6 is 11.8 Å². The standard InChI is InChI=1S/C11H21N3O3S2/c1-5-9(7-18-4)14(3)19(16,17)11-10(6-15)8(2)12-13-11/h9,15H,5-7H2,1-4H3,(H,12,13). The number of aromatic amines is 1. The second-order valence-electron chi connectivity index (χ2n) is 4.33. The fraction of sp³-hybridized carbons (Fsp3) is 0.727. The number of aliphatic hydroxyl groups excluding tert-OH is 1. The summed E-state index contributed by atoms with van der Waals surface area (Å²) in [7, 11) is -2.12. The molecule has 1 aromatic rings. The van der Waals surface area contributed by atoms with Crippen LogP contribution in [0.1, 0.15) is 24.6 Å². The fourth-order valence-electron chi connectivity index (χ4n) is 1.83. The SMILES string of the molecule is CCC(CSC)N(C)S(=O)(=O)c1n[nH]c(C)c1CO. The number of hydrogen-bond acceptors (Lipinski definition) is 5.